The summed E-state index contributed by atoms with van der Waals surface area (Å²) in [4.78, 5) is 48.6. The minimum Gasteiger partial charge on any atom is -0.488 e. The zero-order valence-electron chi connectivity index (χ0n) is 18.3. The van der Waals surface area contributed by atoms with Crippen molar-refractivity contribution in [3.63, 3.8) is 0 Å². The predicted molar refractivity (Wildman–Crippen MR) is 125 cm³/mol. The molecule has 0 radical (unpaired) electrons. The van der Waals surface area contributed by atoms with Gasteiger partial charge in [-0.25, -0.2) is 4.79 Å². The molecule has 1 fully saturated rings. The van der Waals surface area contributed by atoms with Crippen LogP contribution in [0, 0.1) is 10.1 Å². The molecule has 1 aliphatic rings. The lowest BCUT2D eigenvalue weighted by molar-refractivity contribution is -0.384. The van der Waals surface area contributed by atoms with Gasteiger partial charge in [0.1, 0.15) is 18.1 Å². The van der Waals surface area contributed by atoms with E-state index in [-0.39, 0.29) is 35.3 Å². The summed E-state index contributed by atoms with van der Waals surface area (Å²) in [5.41, 5.74) is 1.14. The van der Waals surface area contributed by atoms with Gasteiger partial charge in [-0.05, 0) is 41.6 Å². The fourth-order valence-corrected chi connectivity index (χ4v) is 4.09. The third kappa shape index (κ3) is 5.41. The molecule has 10 nitrogen and oxygen atoms in total. The average molecular weight is 494 g/mol. The highest BCUT2D eigenvalue weighted by Gasteiger charge is 2.36. The third-order valence-electron chi connectivity index (χ3n) is 4.96. The highest BCUT2D eigenvalue weighted by atomic mass is 32.2. The van der Waals surface area contributed by atoms with Crippen LogP contribution in [0.15, 0.2) is 70.0 Å². The van der Waals surface area contributed by atoms with Crippen LogP contribution in [0.1, 0.15) is 27.4 Å². The number of nitro groups is 1. The number of hydrogen-bond acceptors (Lipinski definition) is 9. The Hall–Kier alpha value is -4.38. The van der Waals surface area contributed by atoms with Gasteiger partial charge in [0.25, 0.3) is 16.8 Å². The lowest BCUT2D eigenvalue weighted by Gasteiger charge is -2.11. The molecule has 11 heteroatoms. The number of nitrogens with zero attached hydrogens (tertiary/aromatic N) is 2. The molecule has 4 rings (SSSR count). The van der Waals surface area contributed by atoms with Crippen molar-refractivity contribution in [1.82, 2.24) is 4.90 Å². The second kappa shape index (κ2) is 10.3. The first kappa shape index (κ1) is 23.8. The molecule has 2 amide bonds. The number of rotatable bonds is 8. The SMILES string of the molecule is COC(=O)c1ccc(CN2C(=O)S/C(=C/c3ccccc3OCc3cccc([N+](=O)[O-])c3)C2=O)o1. The van der Waals surface area contributed by atoms with Crippen LogP contribution in [-0.4, -0.2) is 34.0 Å². The monoisotopic (exact) mass is 494 g/mol. The Kier molecular flexibility index (Phi) is 6.97. The summed E-state index contributed by atoms with van der Waals surface area (Å²) in [6.45, 7) is -0.0566. The van der Waals surface area contributed by atoms with Gasteiger partial charge in [-0.15, -0.1) is 0 Å². The van der Waals surface area contributed by atoms with Crippen LogP contribution in [0.5, 0.6) is 5.75 Å². The first-order valence-electron chi connectivity index (χ1n) is 10.2. The zero-order chi connectivity index (χ0) is 24.9. The van der Waals surface area contributed by atoms with E-state index in [0.717, 1.165) is 16.7 Å². The molecule has 2 heterocycles. The van der Waals surface area contributed by atoms with Gasteiger partial charge in [0.15, 0.2) is 0 Å². The van der Waals surface area contributed by atoms with Crippen LogP contribution in [0.25, 0.3) is 6.08 Å². The van der Waals surface area contributed by atoms with E-state index in [9.17, 15) is 24.5 Å². The van der Waals surface area contributed by atoms with Gasteiger partial charge in [-0.1, -0.05) is 30.3 Å². The number of thioether (sulfide) groups is 1. The van der Waals surface area contributed by atoms with Crippen LogP contribution < -0.4 is 4.74 Å². The number of nitro benzene ring substituents is 1. The summed E-state index contributed by atoms with van der Waals surface area (Å²) in [6, 6.07) is 15.9. The number of esters is 1. The van der Waals surface area contributed by atoms with Gasteiger partial charge in [0.05, 0.1) is 23.5 Å². The number of hydrogen-bond donors (Lipinski definition) is 0. The summed E-state index contributed by atoms with van der Waals surface area (Å²) in [7, 11) is 1.22. The average Bonchev–Trinajstić information content (AvgIpc) is 3.43. The molecule has 0 saturated carbocycles. The van der Waals surface area contributed by atoms with Crippen LogP contribution >= 0.6 is 11.8 Å². The molecular formula is C24H18N2O8S. The molecule has 0 spiro atoms. The highest BCUT2D eigenvalue weighted by molar-refractivity contribution is 8.18. The predicted octanol–water partition coefficient (Wildman–Crippen LogP) is 4.79. The Bertz CT molecular complexity index is 1350. The third-order valence-corrected chi connectivity index (χ3v) is 5.86. The van der Waals surface area contributed by atoms with Crippen molar-refractivity contribution in [2.75, 3.05) is 7.11 Å². The van der Waals surface area contributed by atoms with Gasteiger partial charge in [0, 0.05) is 17.7 Å². The van der Waals surface area contributed by atoms with Gasteiger partial charge < -0.3 is 13.9 Å². The van der Waals surface area contributed by atoms with E-state index < -0.39 is 22.0 Å². The van der Waals surface area contributed by atoms with E-state index in [1.54, 1.807) is 42.5 Å². The number of benzene rings is 2. The topological polar surface area (TPSA) is 129 Å². The molecule has 0 N–H and O–H groups in total. The Balaban J connectivity index is 1.49. The van der Waals surface area contributed by atoms with E-state index in [1.807, 2.05) is 0 Å². The summed E-state index contributed by atoms with van der Waals surface area (Å²) in [5.74, 6) is -0.495. The van der Waals surface area contributed by atoms with Gasteiger partial charge in [0.2, 0.25) is 5.76 Å². The number of carbonyl (C=O) groups is 3. The number of amides is 2. The van der Waals surface area contributed by atoms with E-state index in [1.165, 1.54) is 31.4 Å². The maximum absolute atomic E-state index is 12.9. The number of carbonyl (C=O) groups excluding carboxylic acids is 3. The quantitative estimate of drug-likeness (QED) is 0.188. The van der Waals surface area contributed by atoms with Crippen molar-refractivity contribution in [3.05, 3.63) is 98.3 Å². The molecule has 0 atom stereocenters. The fraction of sp³-hybridized carbons (Fsp3) is 0.125. The van der Waals surface area contributed by atoms with Crippen molar-refractivity contribution >= 4 is 40.6 Å². The summed E-state index contributed by atoms with van der Waals surface area (Å²) < 4.78 is 15.8. The number of furan rings is 1. The number of ether oxygens (including phenoxy) is 2. The molecule has 1 aromatic heterocycles. The Morgan fingerprint density at radius 2 is 1.94 bits per heavy atom. The normalized spacial score (nSPS) is 14.4. The molecule has 35 heavy (non-hydrogen) atoms. The number of methoxy groups -OCH3 is 1. The smallest absolute Gasteiger partial charge is 0.373 e. The van der Waals surface area contributed by atoms with E-state index in [4.69, 9.17) is 9.15 Å². The Labute approximate surface area is 203 Å². The molecule has 1 aliphatic heterocycles. The van der Waals surface area contributed by atoms with E-state index >= 15 is 0 Å². The summed E-state index contributed by atoms with van der Waals surface area (Å²) in [6.07, 6.45) is 1.55. The molecule has 0 unspecified atom stereocenters. The second-order valence-electron chi connectivity index (χ2n) is 7.28. The maximum atomic E-state index is 12.9. The standard InChI is InChI=1S/C24H18N2O8S/c1-32-23(28)20-10-9-18(34-20)13-25-22(27)21(35-24(25)29)12-16-6-2-3-8-19(16)33-14-15-5-4-7-17(11-15)26(30)31/h2-12H,13-14H2,1H3/b21-12+. The zero-order valence-corrected chi connectivity index (χ0v) is 19.2. The Morgan fingerprint density at radius 1 is 1.14 bits per heavy atom. The van der Waals surface area contributed by atoms with Gasteiger partial charge in [-0.3, -0.25) is 24.6 Å². The molecule has 178 valence electrons. The number of imide groups is 1. The van der Waals surface area contributed by atoms with Crippen LogP contribution in [0.3, 0.4) is 0 Å². The summed E-state index contributed by atoms with van der Waals surface area (Å²) >= 11 is 0.777. The lowest BCUT2D eigenvalue weighted by atomic mass is 10.1. The minimum atomic E-state index is -0.660. The van der Waals surface area contributed by atoms with Gasteiger partial charge in [-0.2, -0.15) is 0 Å². The Morgan fingerprint density at radius 3 is 2.71 bits per heavy atom. The fourth-order valence-electron chi connectivity index (χ4n) is 3.26. The van der Waals surface area contributed by atoms with Crippen molar-refractivity contribution in [3.8, 4) is 5.75 Å². The number of non-ortho nitro benzene ring substituents is 1. The highest BCUT2D eigenvalue weighted by Crippen LogP contribution is 2.35. The minimum absolute atomic E-state index is 0.0279. The van der Waals surface area contributed by atoms with Crippen molar-refractivity contribution in [2.45, 2.75) is 13.2 Å². The molecule has 2 aromatic carbocycles. The van der Waals surface area contributed by atoms with Crippen molar-refractivity contribution in [1.29, 1.82) is 0 Å². The molecule has 3 aromatic rings. The maximum Gasteiger partial charge on any atom is 0.373 e. The lowest BCUT2D eigenvalue weighted by Crippen LogP contribution is -2.27. The van der Waals surface area contributed by atoms with Crippen molar-refractivity contribution in [2.24, 2.45) is 0 Å². The number of para-hydroxylation sites is 1. The van der Waals surface area contributed by atoms with E-state index in [0.29, 0.717) is 16.9 Å². The first-order valence-corrected chi connectivity index (χ1v) is 11.0. The van der Waals surface area contributed by atoms with Crippen molar-refractivity contribution < 1.29 is 33.2 Å². The molecule has 0 bridgehead atoms. The molecular weight excluding hydrogens is 476 g/mol. The largest absolute Gasteiger partial charge is 0.488 e. The van der Waals surface area contributed by atoms with E-state index in [2.05, 4.69) is 4.74 Å². The molecule has 1 saturated heterocycles. The van der Waals surface area contributed by atoms with Gasteiger partial charge >= 0.3 is 5.97 Å². The second-order valence-corrected chi connectivity index (χ2v) is 8.27. The summed E-state index contributed by atoms with van der Waals surface area (Å²) in [5, 5.41) is 10.5. The van der Waals surface area contributed by atoms with Crippen LogP contribution in [-0.2, 0) is 22.7 Å². The first-order chi connectivity index (χ1) is 16.9. The van der Waals surface area contributed by atoms with Crippen LogP contribution in [0.2, 0.25) is 0 Å². The van der Waals surface area contributed by atoms with Crippen LogP contribution in [0.4, 0.5) is 10.5 Å². The molecule has 0 aliphatic carbocycles.